The fourth-order valence-corrected chi connectivity index (χ4v) is 1.89. The van der Waals surface area contributed by atoms with Gasteiger partial charge in [-0.3, -0.25) is 0 Å². The van der Waals surface area contributed by atoms with Crippen molar-refractivity contribution in [2.45, 2.75) is 45.2 Å². The molecule has 0 saturated carbocycles. The number of nitrogens with two attached hydrogens (primary N) is 1. The Morgan fingerprint density at radius 1 is 1.47 bits per heavy atom. The molecular weight excluding hydrogens is 206 g/mol. The van der Waals surface area contributed by atoms with Gasteiger partial charge < -0.3 is 11.1 Å². The second-order valence-electron chi connectivity index (χ2n) is 4.82. The van der Waals surface area contributed by atoms with Gasteiger partial charge in [0, 0.05) is 23.7 Å². The van der Waals surface area contributed by atoms with Crippen molar-refractivity contribution in [2.75, 3.05) is 6.54 Å². The van der Waals surface area contributed by atoms with E-state index in [9.17, 15) is 0 Å². The number of thiazole rings is 1. The zero-order chi connectivity index (χ0) is 11.5. The Labute approximate surface area is 96.1 Å². The van der Waals surface area contributed by atoms with E-state index in [0.29, 0.717) is 0 Å². The maximum absolute atomic E-state index is 6.10. The minimum atomic E-state index is -0.144. The van der Waals surface area contributed by atoms with Crippen molar-refractivity contribution in [1.29, 1.82) is 0 Å². The van der Waals surface area contributed by atoms with Gasteiger partial charge in [0.1, 0.15) is 5.01 Å². The lowest BCUT2D eigenvalue weighted by Gasteiger charge is -2.30. The summed E-state index contributed by atoms with van der Waals surface area (Å²) in [6, 6.07) is 0. The van der Waals surface area contributed by atoms with Crippen molar-refractivity contribution in [3.8, 4) is 0 Å². The fraction of sp³-hybridized carbons (Fsp3) is 0.727. The normalized spacial score (nSPS) is 16.3. The van der Waals surface area contributed by atoms with Crippen molar-refractivity contribution in [1.82, 2.24) is 10.3 Å². The summed E-state index contributed by atoms with van der Waals surface area (Å²) < 4.78 is 0. The molecule has 1 aromatic rings. The summed E-state index contributed by atoms with van der Waals surface area (Å²) in [5, 5.41) is 6.58. The standard InChI is InChI=1S/C11H21N3S/c1-5-11(4,12)8-14-10(2,3)9-13-6-7-15-9/h6-7,14H,5,8,12H2,1-4H3. The third-order valence-corrected chi connectivity index (χ3v) is 3.81. The predicted molar refractivity (Wildman–Crippen MR) is 66.0 cm³/mol. The van der Waals surface area contributed by atoms with E-state index in [4.69, 9.17) is 5.73 Å². The molecule has 86 valence electrons. The highest BCUT2D eigenvalue weighted by Crippen LogP contribution is 2.22. The Bertz CT molecular complexity index is 291. The molecule has 0 aliphatic heterocycles. The highest BCUT2D eigenvalue weighted by Gasteiger charge is 2.26. The maximum Gasteiger partial charge on any atom is 0.112 e. The van der Waals surface area contributed by atoms with Crippen LogP contribution >= 0.6 is 11.3 Å². The van der Waals surface area contributed by atoms with Gasteiger partial charge in [0.25, 0.3) is 0 Å². The average Bonchev–Trinajstić information content (AvgIpc) is 2.69. The first kappa shape index (κ1) is 12.6. The van der Waals surface area contributed by atoms with Gasteiger partial charge in [-0.15, -0.1) is 11.3 Å². The van der Waals surface area contributed by atoms with E-state index < -0.39 is 0 Å². The van der Waals surface area contributed by atoms with Gasteiger partial charge in [-0.1, -0.05) is 6.92 Å². The second-order valence-corrected chi connectivity index (χ2v) is 5.72. The van der Waals surface area contributed by atoms with Crippen LogP contribution in [0.1, 0.15) is 39.1 Å². The highest BCUT2D eigenvalue weighted by molar-refractivity contribution is 7.09. The molecule has 0 radical (unpaired) electrons. The summed E-state index contributed by atoms with van der Waals surface area (Å²) in [6.07, 6.45) is 2.80. The van der Waals surface area contributed by atoms with E-state index >= 15 is 0 Å². The van der Waals surface area contributed by atoms with Gasteiger partial charge >= 0.3 is 0 Å². The van der Waals surface area contributed by atoms with Gasteiger partial charge in [-0.05, 0) is 27.2 Å². The molecule has 0 amide bonds. The lowest BCUT2D eigenvalue weighted by atomic mass is 9.98. The molecule has 1 unspecified atom stereocenters. The van der Waals surface area contributed by atoms with Crippen molar-refractivity contribution < 1.29 is 0 Å². The van der Waals surface area contributed by atoms with E-state index in [-0.39, 0.29) is 11.1 Å². The number of aromatic nitrogens is 1. The number of rotatable bonds is 5. The minimum Gasteiger partial charge on any atom is -0.324 e. The molecular formula is C11H21N3S. The molecule has 0 fully saturated rings. The average molecular weight is 227 g/mol. The molecule has 0 saturated heterocycles. The molecule has 0 aliphatic rings. The monoisotopic (exact) mass is 227 g/mol. The first-order chi connectivity index (χ1) is 6.87. The summed E-state index contributed by atoms with van der Waals surface area (Å²) >= 11 is 1.67. The molecule has 15 heavy (non-hydrogen) atoms. The van der Waals surface area contributed by atoms with Gasteiger partial charge in [-0.25, -0.2) is 4.98 Å². The highest BCUT2D eigenvalue weighted by atomic mass is 32.1. The van der Waals surface area contributed by atoms with Crippen LogP contribution in [0.25, 0.3) is 0 Å². The molecule has 3 N–H and O–H groups in total. The predicted octanol–water partition coefficient (Wildman–Crippen LogP) is 2.10. The Morgan fingerprint density at radius 3 is 2.60 bits per heavy atom. The SMILES string of the molecule is CCC(C)(N)CNC(C)(C)c1nccs1. The smallest absolute Gasteiger partial charge is 0.112 e. The van der Waals surface area contributed by atoms with E-state index in [1.165, 1.54) is 0 Å². The third kappa shape index (κ3) is 3.55. The number of hydrogen-bond donors (Lipinski definition) is 2. The molecule has 1 aromatic heterocycles. The fourth-order valence-electron chi connectivity index (χ4n) is 1.16. The Hall–Kier alpha value is -0.450. The van der Waals surface area contributed by atoms with E-state index in [0.717, 1.165) is 18.0 Å². The molecule has 1 heterocycles. The maximum atomic E-state index is 6.10. The van der Waals surface area contributed by atoms with Crippen LogP contribution in [0.4, 0.5) is 0 Å². The van der Waals surface area contributed by atoms with Crippen LogP contribution in [0.3, 0.4) is 0 Å². The second kappa shape index (κ2) is 4.60. The van der Waals surface area contributed by atoms with Gasteiger partial charge in [-0.2, -0.15) is 0 Å². The van der Waals surface area contributed by atoms with E-state index in [2.05, 4.69) is 38.0 Å². The van der Waals surface area contributed by atoms with Crippen LogP contribution < -0.4 is 11.1 Å². The summed E-state index contributed by atoms with van der Waals surface area (Å²) in [4.78, 5) is 4.33. The molecule has 1 rings (SSSR count). The Balaban J connectivity index is 2.58. The molecule has 4 heteroatoms. The van der Waals surface area contributed by atoms with Crippen LogP contribution in [-0.4, -0.2) is 17.1 Å². The summed E-state index contributed by atoms with van der Waals surface area (Å²) in [5.41, 5.74) is 5.86. The van der Waals surface area contributed by atoms with Gasteiger partial charge in [0.2, 0.25) is 0 Å². The van der Waals surface area contributed by atoms with Crippen LogP contribution in [0.5, 0.6) is 0 Å². The van der Waals surface area contributed by atoms with Crippen molar-refractivity contribution in [3.05, 3.63) is 16.6 Å². The third-order valence-electron chi connectivity index (χ3n) is 2.71. The quantitative estimate of drug-likeness (QED) is 0.810. The molecule has 1 atom stereocenters. The molecule has 0 aromatic carbocycles. The van der Waals surface area contributed by atoms with Crippen LogP contribution in [0, 0.1) is 0 Å². The number of nitrogens with zero attached hydrogens (tertiary/aromatic N) is 1. The molecule has 0 bridgehead atoms. The van der Waals surface area contributed by atoms with Crippen LogP contribution in [0.15, 0.2) is 11.6 Å². The lowest BCUT2D eigenvalue weighted by Crippen LogP contribution is -2.50. The molecule has 0 spiro atoms. The zero-order valence-corrected chi connectivity index (χ0v) is 10.8. The van der Waals surface area contributed by atoms with Crippen molar-refractivity contribution >= 4 is 11.3 Å². The lowest BCUT2D eigenvalue weighted by molar-refractivity contribution is 0.327. The first-order valence-electron chi connectivity index (χ1n) is 5.31. The number of nitrogens with one attached hydrogen (secondary N) is 1. The topological polar surface area (TPSA) is 50.9 Å². The summed E-state index contributed by atoms with van der Waals surface area (Å²) in [7, 11) is 0. The molecule has 0 aliphatic carbocycles. The Morgan fingerprint density at radius 2 is 2.13 bits per heavy atom. The van der Waals surface area contributed by atoms with E-state index in [1.807, 2.05) is 11.6 Å². The summed E-state index contributed by atoms with van der Waals surface area (Å²) in [6.45, 7) is 9.25. The van der Waals surface area contributed by atoms with Gasteiger partial charge in [0.15, 0.2) is 0 Å². The van der Waals surface area contributed by atoms with Crippen LogP contribution in [0.2, 0.25) is 0 Å². The van der Waals surface area contributed by atoms with Crippen molar-refractivity contribution in [2.24, 2.45) is 5.73 Å². The largest absolute Gasteiger partial charge is 0.324 e. The van der Waals surface area contributed by atoms with Crippen molar-refractivity contribution in [3.63, 3.8) is 0 Å². The number of hydrogen-bond acceptors (Lipinski definition) is 4. The van der Waals surface area contributed by atoms with Gasteiger partial charge in [0.05, 0.1) is 5.54 Å². The van der Waals surface area contributed by atoms with E-state index in [1.54, 1.807) is 11.3 Å². The zero-order valence-electron chi connectivity index (χ0n) is 10.0. The van der Waals surface area contributed by atoms with Crippen LogP contribution in [-0.2, 0) is 5.54 Å². The molecule has 3 nitrogen and oxygen atoms in total. The summed E-state index contributed by atoms with van der Waals surface area (Å²) in [5.74, 6) is 0. The first-order valence-corrected chi connectivity index (χ1v) is 6.19. The Kier molecular flexibility index (Phi) is 3.87. The minimum absolute atomic E-state index is 0.0933.